The summed E-state index contributed by atoms with van der Waals surface area (Å²) in [5.74, 6) is 0. The van der Waals surface area contributed by atoms with Gasteiger partial charge in [-0.05, 0) is 44.4 Å². The van der Waals surface area contributed by atoms with Crippen molar-refractivity contribution in [2.45, 2.75) is 33.8 Å². The SMILES string of the molecule is CCOC(C)c1ccc(-c2nncc(C)c2C)cc1. The van der Waals surface area contributed by atoms with Crippen molar-refractivity contribution in [3.63, 3.8) is 0 Å². The molecule has 0 N–H and O–H groups in total. The number of ether oxygens (including phenoxy) is 1. The average Bonchev–Trinajstić information content (AvgIpc) is 2.42. The fourth-order valence-electron chi connectivity index (χ4n) is 2.06. The van der Waals surface area contributed by atoms with Crippen LogP contribution in [0.1, 0.15) is 36.6 Å². The highest BCUT2D eigenvalue weighted by molar-refractivity contribution is 5.63. The fraction of sp³-hybridized carbons (Fsp3) is 0.375. The molecule has 0 saturated heterocycles. The van der Waals surface area contributed by atoms with Crippen molar-refractivity contribution in [1.82, 2.24) is 10.2 Å². The lowest BCUT2D eigenvalue weighted by molar-refractivity contribution is 0.0764. The lowest BCUT2D eigenvalue weighted by Crippen LogP contribution is -1.99. The molecular weight excluding hydrogens is 236 g/mol. The van der Waals surface area contributed by atoms with Crippen molar-refractivity contribution in [3.8, 4) is 11.3 Å². The molecule has 19 heavy (non-hydrogen) atoms. The van der Waals surface area contributed by atoms with E-state index in [0.29, 0.717) is 0 Å². The van der Waals surface area contributed by atoms with Gasteiger partial charge in [0.25, 0.3) is 0 Å². The van der Waals surface area contributed by atoms with Gasteiger partial charge in [-0.2, -0.15) is 10.2 Å². The Hall–Kier alpha value is -1.74. The number of benzene rings is 1. The first kappa shape index (κ1) is 13.7. The van der Waals surface area contributed by atoms with Crippen LogP contribution in [0, 0.1) is 13.8 Å². The van der Waals surface area contributed by atoms with Crippen molar-refractivity contribution in [2.75, 3.05) is 6.61 Å². The summed E-state index contributed by atoms with van der Waals surface area (Å²) in [6, 6.07) is 8.36. The molecule has 0 aliphatic rings. The Morgan fingerprint density at radius 1 is 1.16 bits per heavy atom. The van der Waals surface area contributed by atoms with Crippen LogP contribution in [0.5, 0.6) is 0 Å². The molecule has 100 valence electrons. The maximum Gasteiger partial charge on any atom is 0.0961 e. The van der Waals surface area contributed by atoms with Gasteiger partial charge < -0.3 is 4.74 Å². The number of nitrogens with zero attached hydrogens (tertiary/aromatic N) is 2. The standard InChI is InChI=1S/C16H20N2O/c1-5-19-13(4)14-6-8-15(9-7-14)16-12(3)11(2)10-17-18-16/h6-10,13H,5H2,1-4H3. The summed E-state index contributed by atoms with van der Waals surface area (Å²) >= 11 is 0. The van der Waals surface area contributed by atoms with Crippen molar-refractivity contribution >= 4 is 0 Å². The first-order valence-electron chi connectivity index (χ1n) is 6.64. The molecule has 0 bridgehead atoms. The van der Waals surface area contributed by atoms with Gasteiger partial charge in [0, 0.05) is 12.2 Å². The van der Waals surface area contributed by atoms with Crippen LogP contribution < -0.4 is 0 Å². The Morgan fingerprint density at radius 2 is 1.84 bits per heavy atom. The van der Waals surface area contributed by atoms with Gasteiger partial charge in [0.1, 0.15) is 0 Å². The predicted octanol–water partition coefficient (Wildman–Crippen LogP) is 3.86. The topological polar surface area (TPSA) is 35.0 Å². The highest BCUT2D eigenvalue weighted by atomic mass is 16.5. The molecule has 0 aliphatic carbocycles. The maximum absolute atomic E-state index is 5.59. The summed E-state index contributed by atoms with van der Waals surface area (Å²) in [7, 11) is 0. The van der Waals surface area contributed by atoms with Crippen LogP contribution in [0.15, 0.2) is 30.5 Å². The zero-order valence-electron chi connectivity index (χ0n) is 12.0. The zero-order valence-corrected chi connectivity index (χ0v) is 12.0. The summed E-state index contributed by atoms with van der Waals surface area (Å²) in [5.41, 5.74) is 5.58. The van der Waals surface area contributed by atoms with Gasteiger partial charge in [-0.15, -0.1) is 0 Å². The second-order valence-electron chi connectivity index (χ2n) is 4.72. The average molecular weight is 256 g/mol. The minimum atomic E-state index is 0.128. The van der Waals surface area contributed by atoms with Crippen LogP contribution in [-0.2, 0) is 4.74 Å². The smallest absolute Gasteiger partial charge is 0.0961 e. The maximum atomic E-state index is 5.59. The third kappa shape index (κ3) is 2.99. The van der Waals surface area contributed by atoms with E-state index in [-0.39, 0.29) is 6.10 Å². The molecule has 1 aromatic heterocycles. The molecule has 0 amide bonds. The van der Waals surface area contributed by atoms with E-state index in [1.54, 1.807) is 6.20 Å². The van der Waals surface area contributed by atoms with Crippen molar-refractivity contribution in [1.29, 1.82) is 0 Å². The number of aromatic nitrogens is 2. The van der Waals surface area contributed by atoms with Crippen molar-refractivity contribution < 1.29 is 4.74 Å². The molecule has 3 heteroatoms. The first-order chi connectivity index (χ1) is 9.13. The summed E-state index contributed by atoms with van der Waals surface area (Å²) in [6.45, 7) is 8.94. The largest absolute Gasteiger partial charge is 0.374 e. The van der Waals surface area contributed by atoms with Gasteiger partial charge in [0.2, 0.25) is 0 Å². The van der Waals surface area contributed by atoms with Gasteiger partial charge in [0.05, 0.1) is 18.0 Å². The molecule has 3 nitrogen and oxygen atoms in total. The molecule has 0 radical (unpaired) electrons. The van der Waals surface area contributed by atoms with E-state index in [1.807, 2.05) is 6.92 Å². The van der Waals surface area contributed by atoms with E-state index in [0.717, 1.165) is 23.4 Å². The quantitative estimate of drug-likeness (QED) is 0.833. The van der Waals surface area contributed by atoms with Crippen LogP contribution in [0.25, 0.3) is 11.3 Å². The van der Waals surface area contributed by atoms with Crippen molar-refractivity contribution in [2.24, 2.45) is 0 Å². The molecule has 0 saturated carbocycles. The molecule has 0 aliphatic heterocycles. The van der Waals surface area contributed by atoms with E-state index >= 15 is 0 Å². The number of hydrogen-bond donors (Lipinski definition) is 0. The second-order valence-corrected chi connectivity index (χ2v) is 4.72. The molecule has 0 spiro atoms. The van der Waals surface area contributed by atoms with Crippen molar-refractivity contribution in [3.05, 3.63) is 47.2 Å². The van der Waals surface area contributed by atoms with Crippen LogP contribution >= 0.6 is 0 Å². The van der Waals surface area contributed by atoms with Gasteiger partial charge in [0.15, 0.2) is 0 Å². The molecule has 0 fully saturated rings. The fourth-order valence-corrected chi connectivity index (χ4v) is 2.06. The Labute approximate surface area is 114 Å². The lowest BCUT2D eigenvalue weighted by Gasteiger charge is -2.13. The van der Waals surface area contributed by atoms with Crippen LogP contribution in [0.4, 0.5) is 0 Å². The molecular formula is C16H20N2O. The molecule has 2 aromatic rings. The molecule has 1 unspecified atom stereocenters. The summed E-state index contributed by atoms with van der Waals surface area (Å²) in [6.07, 6.45) is 1.92. The van der Waals surface area contributed by atoms with E-state index < -0.39 is 0 Å². The molecule has 1 aromatic carbocycles. The summed E-state index contributed by atoms with van der Waals surface area (Å²) in [4.78, 5) is 0. The molecule has 1 heterocycles. The van der Waals surface area contributed by atoms with Gasteiger partial charge >= 0.3 is 0 Å². The van der Waals surface area contributed by atoms with Gasteiger partial charge in [-0.25, -0.2) is 0 Å². The molecule has 2 rings (SSSR count). The molecule has 1 atom stereocenters. The third-order valence-corrected chi connectivity index (χ3v) is 3.43. The van der Waals surface area contributed by atoms with Gasteiger partial charge in [-0.1, -0.05) is 24.3 Å². The minimum Gasteiger partial charge on any atom is -0.374 e. The second kappa shape index (κ2) is 5.93. The van der Waals surface area contributed by atoms with Crippen LogP contribution in [0.3, 0.4) is 0 Å². The monoisotopic (exact) mass is 256 g/mol. The van der Waals surface area contributed by atoms with E-state index in [1.165, 1.54) is 11.1 Å². The predicted molar refractivity (Wildman–Crippen MR) is 77.0 cm³/mol. The highest BCUT2D eigenvalue weighted by Crippen LogP contribution is 2.24. The summed E-state index contributed by atoms with van der Waals surface area (Å²) in [5, 5.41) is 8.27. The van der Waals surface area contributed by atoms with Gasteiger partial charge in [-0.3, -0.25) is 0 Å². The van der Waals surface area contributed by atoms with E-state index in [9.17, 15) is 0 Å². The number of rotatable bonds is 4. The third-order valence-electron chi connectivity index (χ3n) is 3.43. The van der Waals surface area contributed by atoms with Crippen LogP contribution in [0.2, 0.25) is 0 Å². The van der Waals surface area contributed by atoms with E-state index in [2.05, 4.69) is 55.2 Å². The Kier molecular flexibility index (Phi) is 4.27. The highest BCUT2D eigenvalue weighted by Gasteiger charge is 2.08. The Morgan fingerprint density at radius 3 is 2.47 bits per heavy atom. The first-order valence-corrected chi connectivity index (χ1v) is 6.64. The number of hydrogen-bond acceptors (Lipinski definition) is 3. The lowest BCUT2D eigenvalue weighted by atomic mass is 10.0. The number of aryl methyl sites for hydroxylation is 1. The van der Waals surface area contributed by atoms with E-state index in [4.69, 9.17) is 4.74 Å². The Bertz CT molecular complexity index is 549. The Balaban J connectivity index is 2.30. The summed E-state index contributed by atoms with van der Waals surface area (Å²) < 4.78 is 5.59. The van der Waals surface area contributed by atoms with Crippen LogP contribution in [-0.4, -0.2) is 16.8 Å². The normalized spacial score (nSPS) is 12.4. The minimum absolute atomic E-state index is 0.128. The zero-order chi connectivity index (χ0) is 13.8.